The van der Waals surface area contributed by atoms with E-state index in [9.17, 15) is 14.0 Å². The first kappa shape index (κ1) is 18.4. The number of ether oxygens (including phenoxy) is 1. The summed E-state index contributed by atoms with van der Waals surface area (Å²) in [7, 11) is 1.63. The highest BCUT2D eigenvalue weighted by atomic mass is 19.1. The number of hydrogen-bond donors (Lipinski definition) is 0. The molecule has 152 valence electrons. The number of carbonyl (C=O) groups is 2. The number of benzene rings is 2. The van der Waals surface area contributed by atoms with E-state index in [1.165, 1.54) is 21.9 Å². The molecule has 3 amide bonds. The van der Waals surface area contributed by atoms with Crippen molar-refractivity contribution in [3.63, 3.8) is 0 Å². The molecule has 7 nitrogen and oxygen atoms in total. The molecule has 0 aromatic heterocycles. The number of rotatable bonds is 3. The molecule has 5 rings (SSSR count). The smallest absolute Gasteiger partial charge is 0.328 e. The van der Waals surface area contributed by atoms with Gasteiger partial charge in [-0.05, 0) is 36.8 Å². The maximum absolute atomic E-state index is 13.3. The largest absolute Gasteiger partial charge is 0.423 e. The minimum absolute atomic E-state index is 0.185. The van der Waals surface area contributed by atoms with Crippen LogP contribution in [0.3, 0.4) is 0 Å². The molecule has 0 bridgehead atoms. The number of carbonyl (C=O) groups excluding carboxylic acids is 2. The van der Waals surface area contributed by atoms with Gasteiger partial charge in [0.2, 0.25) is 0 Å². The third-order valence-electron chi connectivity index (χ3n) is 5.54. The summed E-state index contributed by atoms with van der Waals surface area (Å²) < 4.78 is 19.0. The monoisotopic (exact) mass is 406 g/mol. The molecule has 0 spiro atoms. The number of aliphatic imine (C=N–C) groups is 1. The number of amides is 3. The molecule has 1 fully saturated rings. The first-order valence-corrected chi connectivity index (χ1v) is 9.58. The third-order valence-corrected chi connectivity index (χ3v) is 5.54. The van der Waals surface area contributed by atoms with Gasteiger partial charge in [-0.25, -0.2) is 14.2 Å². The van der Waals surface area contributed by atoms with Crippen molar-refractivity contribution in [2.45, 2.75) is 25.7 Å². The average Bonchev–Trinajstić information content (AvgIpc) is 3.30. The molecule has 0 N–H and O–H groups in total. The second kappa shape index (κ2) is 6.69. The molecule has 8 heteroatoms. The van der Waals surface area contributed by atoms with Gasteiger partial charge < -0.3 is 9.64 Å². The van der Waals surface area contributed by atoms with E-state index < -0.39 is 18.2 Å². The zero-order chi connectivity index (χ0) is 21.0. The van der Waals surface area contributed by atoms with Gasteiger partial charge in [-0.2, -0.15) is 0 Å². The van der Waals surface area contributed by atoms with Gasteiger partial charge in [-0.1, -0.05) is 29.8 Å². The number of likely N-dealkylation sites (N-methyl/N-ethyl adjacent to an activating group) is 1. The number of amidine groups is 1. The van der Waals surface area contributed by atoms with Gasteiger partial charge in [0.15, 0.2) is 18.0 Å². The van der Waals surface area contributed by atoms with E-state index in [1.807, 2.05) is 31.2 Å². The number of halogens is 1. The summed E-state index contributed by atoms with van der Waals surface area (Å²) in [6.07, 6.45) is 1.03. The van der Waals surface area contributed by atoms with E-state index in [0.717, 1.165) is 11.1 Å². The molecule has 1 saturated heterocycles. The Kier molecular flexibility index (Phi) is 4.09. The fourth-order valence-electron chi connectivity index (χ4n) is 3.85. The quantitative estimate of drug-likeness (QED) is 0.786. The van der Waals surface area contributed by atoms with Gasteiger partial charge >= 0.3 is 6.03 Å². The Morgan fingerprint density at radius 2 is 1.77 bits per heavy atom. The van der Waals surface area contributed by atoms with Gasteiger partial charge in [0, 0.05) is 12.6 Å². The second-order valence-corrected chi connectivity index (χ2v) is 7.58. The molecule has 3 heterocycles. The summed E-state index contributed by atoms with van der Waals surface area (Å²) in [5, 5.41) is 0. The molecule has 0 aliphatic carbocycles. The third kappa shape index (κ3) is 2.83. The van der Waals surface area contributed by atoms with Crippen LogP contribution in [0.25, 0.3) is 5.76 Å². The number of imide groups is 1. The Bertz CT molecular complexity index is 1090. The zero-order valence-corrected chi connectivity index (χ0v) is 16.4. The van der Waals surface area contributed by atoms with Gasteiger partial charge in [0.05, 0.1) is 12.7 Å². The van der Waals surface area contributed by atoms with Gasteiger partial charge in [-0.15, -0.1) is 0 Å². The molecule has 2 aromatic carbocycles. The summed E-state index contributed by atoms with van der Waals surface area (Å²) in [6.45, 7) is 2.17. The van der Waals surface area contributed by atoms with Crippen LogP contribution < -0.4 is 0 Å². The SMILES string of the molecule is Cc1ccc(CN2C(=O)C3C(N=C4OC(c5ccc(F)cc5)=CN43)N(C)C2=O)cc1. The van der Waals surface area contributed by atoms with Crippen molar-refractivity contribution in [3.8, 4) is 0 Å². The lowest BCUT2D eigenvalue weighted by molar-refractivity contribution is -0.137. The molecule has 0 saturated carbocycles. The molecule has 2 atom stereocenters. The first-order valence-electron chi connectivity index (χ1n) is 9.58. The van der Waals surface area contributed by atoms with Crippen molar-refractivity contribution >= 4 is 23.7 Å². The van der Waals surface area contributed by atoms with E-state index in [-0.39, 0.29) is 24.3 Å². The molecule has 30 heavy (non-hydrogen) atoms. The van der Waals surface area contributed by atoms with Crippen LogP contribution in [0.1, 0.15) is 16.7 Å². The van der Waals surface area contributed by atoms with Crippen LogP contribution >= 0.6 is 0 Å². The fourth-order valence-corrected chi connectivity index (χ4v) is 3.85. The van der Waals surface area contributed by atoms with Crippen LogP contribution in [-0.4, -0.2) is 51.9 Å². The molecule has 3 aliphatic rings. The van der Waals surface area contributed by atoms with Gasteiger partial charge in [0.1, 0.15) is 5.82 Å². The lowest BCUT2D eigenvalue weighted by Crippen LogP contribution is -2.63. The Balaban J connectivity index is 1.43. The van der Waals surface area contributed by atoms with Crippen LogP contribution in [-0.2, 0) is 16.1 Å². The minimum Gasteiger partial charge on any atom is -0.423 e. The Morgan fingerprint density at radius 1 is 1.07 bits per heavy atom. The normalized spacial score (nSPS) is 22.6. The van der Waals surface area contributed by atoms with Crippen molar-refractivity contribution in [3.05, 3.63) is 77.2 Å². The molecule has 2 unspecified atom stereocenters. The highest BCUT2D eigenvalue weighted by Gasteiger charge is 2.54. The number of urea groups is 1. The molecular formula is C22H19FN4O3. The summed E-state index contributed by atoms with van der Waals surface area (Å²) in [6, 6.07) is 12.8. The Hall–Kier alpha value is -3.68. The number of fused-ring (bicyclic) bond motifs is 3. The highest BCUT2D eigenvalue weighted by Crippen LogP contribution is 2.35. The van der Waals surface area contributed by atoms with Crippen molar-refractivity contribution in [2.24, 2.45) is 4.99 Å². The fraction of sp³-hybridized carbons (Fsp3) is 0.227. The van der Waals surface area contributed by atoms with Gasteiger partial charge in [0.25, 0.3) is 11.9 Å². The van der Waals surface area contributed by atoms with Gasteiger partial charge in [-0.3, -0.25) is 14.6 Å². The predicted octanol–water partition coefficient (Wildman–Crippen LogP) is 2.92. The predicted molar refractivity (Wildman–Crippen MR) is 107 cm³/mol. The number of aryl methyl sites for hydroxylation is 1. The van der Waals surface area contributed by atoms with Crippen molar-refractivity contribution < 1.29 is 18.7 Å². The van der Waals surface area contributed by atoms with Crippen LogP contribution in [0.4, 0.5) is 9.18 Å². The summed E-state index contributed by atoms with van der Waals surface area (Å²) in [4.78, 5) is 34.9. The van der Waals surface area contributed by atoms with Crippen LogP contribution in [0, 0.1) is 12.7 Å². The lowest BCUT2D eigenvalue weighted by Gasteiger charge is -2.39. The molecule has 3 aliphatic heterocycles. The molecule has 0 radical (unpaired) electrons. The highest BCUT2D eigenvalue weighted by molar-refractivity contribution is 6.04. The minimum atomic E-state index is -0.703. The summed E-state index contributed by atoms with van der Waals surface area (Å²) in [5.41, 5.74) is 2.65. The van der Waals surface area contributed by atoms with E-state index in [1.54, 1.807) is 30.3 Å². The van der Waals surface area contributed by atoms with E-state index in [0.29, 0.717) is 11.3 Å². The van der Waals surface area contributed by atoms with E-state index in [4.69, 9.17) is 4.74 Å². The maximum atomic E-state index is 13.3. The second-order valence-electron chi connectivity index (χ2n) is 7.58. The van der Waals surface area contributed by atoms with Crippen molar-refractivity contribution in [2.75, 3.05) is 7.05 Å². The topological polar surface area (TPSA) is 65.5 Å². The van der Waals surface area contributed by atoms with Crippen molar-refractivity contribution in [1.29, 1.82) is 0 Å². The molecular weight excluding hydrogens is 387 g/mol. The van der Waals surface area contributed by atoms with Crippen molar-refractivity contribution in [1.82, 2.24) is 14.7 Å². The number of hydrogen-bond acceptors (Lipinski definition) is 5. The zero-order valence-electron chi connectivity index (χ0n) is 16.4. The standard InChI is InChI=1S/C22H19FN4O3/c1-13-3-5-14(6-4-13)11-27-20(28)18-19(25(2)22(27)29)24-21-26(18)12-17(30-21)15-7-9-16(23)10-8-15/h3-10,12,18-19H,11H2,1-2H3. The first-order chi connectivity index (χ1) is 14.4. The maximum Gasteiger partial charge on any atom is 0.328 e. The van der Waals surface area contributed by atoms with E-state index >= 15 is 0 Å². The Morgan fingerprint density at radius 3 is 2.47 bits per heavy atom. The number of nitrogens with zero attached hydrogens (tertiary/aromatic N) is 4. The Labute approximate surface area is 172 Å². The molecule has 2 aromatic rings. The van der Waals surface area contributed by atoms with Crippen LogP contribution in [0.5, 0.6) is 0 Å². The summed E-state index contributed by atoms with van der Waals surface area (Å²) >= 11 is 0. The lowest BCUT2D eigenvalue weighted by atomic mass is 10.1. The average molecular weight is 406 g/mol. The van der Waals surface area contributed by atoms with E-state index in [2.05, 4.69) is 4.99 Å². The summed E-state index contributed by atoms with van der Waals surface area (Å²) in [5.74, 6) is -0.197. The van der Waals surface area contributed by atoms with Crippen LogP contribution in [0.15, 0.2) is 59.7 Å². The van der Waals surface area contributed by atoms with Crippen LogP contribution in [0.2, 0.25) is 0 Å².